The number of ether oxygens (including phenoxy) is 1. The summed E-state index contributed by atoms with van der Waals surface area (Å²) < 4.78 is 42.0. The zero-order valence-electron chi connectivity index (χ0n) is 8.51. The Morgan fingerprint density at radius 3 is 2.50 bits per heavy atom. The van der Waals surface area contributed by atoms with Gasteiger partial charge in [0, 0.05) is 6.54 Å². The normalized spacial score (nSPS) is 13.6. The van der Waals surface area contributed by atoms with Crippen LogP contribution in [0.15, 0.2) is 22.7 Å². The molecule has 0 fully saturated rings. The monoisotopic (exact) mass is 297 g/mol. The zero-order valence-corrected chi connectivity index (χ0v) is 10.1. The molecule has 0 aliphatic carbocycles. The van der Waals surface area contributed by atoms with Crippen LogP contribution in [0.5, 0.6) is 5.75 Å². The Balaban J connectivity index is 2.82. The average Bonchev–Trinajstić information content (AvgIpc) is 2.19. The van der Waals surface area contributed by atoms with Crippen molar-refractivity contribution in [3.05, 3.63) is 28.2 Å². The van der Waals surface area contributed by atoms with Gasteiger partial charge in [-0.25, -0.2) is 0 Å². The summed E-state index contributed by atoms with van der Waals surface area (Å²) in [4.78, 5) is 0. The maximum absolute atomic E-state index is 12.3. The van der Waals surface area contributed by atoms with E-state index in [1.54, 1.807) is 12.1 Å². The summed E-state index contributed by atoms with van der Waals surface area (Å²) in [5.74, 6) is 0.155. The molecule has 0 aromatic heterocycles. The van der Waals surface area contributed by atoms with Crippen molar-refractivity contribution in [1.29, 1.82) is 0 Å². The first-order valence-electron chi connectivity index (χ1n) is 4.56. The van der Waals surface area contributed by atoms with Gasteiger partial charge in [0.1, 0.15) is 5.75 Å². The van der Waals surface area contributed by atoms with E-state index in [9.17, 15) is 13.2 Å². The molecule has 0 saturated carbocycles. The fraction of sp³-hybridized carbons (Fsp3) is 0.400. The number of hydrogen-bond acceptors (Lipinski definition) is 2. The molecule has 90 valence electrons. The lowest BCUT2D eigenvalue weighted by atomic mass is 10.2. The van der Waals surface area contributed by atoms with E-state index in [2.05, 4.69) is 15.9 Å². The summed E-state index contributed by atoms with van der Waals surface area (Å²) in [6, 6.07) is 4.73. The summed E-state index contributed by atoms with van der Waals surface area (Å²) in [6.45, 7) is 1.29. The third kappa shape index (κ3) is 3.38. The number of nitrogens with two attached hydrogens (primary N) is 1. The van der Waals surface area contributed by atoms with Gasteiger partial charge in [-0.15, -0.1) is 0 Å². The van der Waals surface area contributed by atoms with Crippen LogP contribution in [-0.2, 0) is 6.54 Å². The Hall–Kier alpha value is -0.750. The minimum atomic E-state index is -4.37. The van der Waals surface area contributed by atoms with Gasteiger partial charge in [0.25, 0.3) is 0 Å². The summed E-state index contributed by atoms with van der Waals surface area (Å²) in [5, 5.41) is 0. The smallest absolute Gasteiger partial charge is 0.425 e. The molecule has 0 bridgehead atoms. The van der Waals surface area contributed by atoms with Gasteiger partial charge < -0.3 is 10.5 Å². The standard InChI is InChI=1S/C10H11BrF3NO/c1-6(10(12,13)14)16-9-3-2-7(5-15)4-8(9)11/h2-4,6H,5,15H2,1H3. The second kappa shape index (κ2) is 5.05. The van der Waals surface area contributed by atoms with Crippen LogP contribution < -0.4 is 10.5 Å². The number of benzene rings is 1. The zero-order chi connectivity index (χ0) is 12.3. The Bertz CT molecular complexity index is 368. The summed E-state index contributed by atoms with van der Waals surface area (Å²) in [5.41, 5.74) is 6.22. The fourth-order valence-electron chi connectivity index (χ4n) is 1.02. The Morgan fingerprint density at radius 1 is 1.44 bits per heavy atom. The van der Waals surface area contributed by atoms with Crippen molar-refractivity contribution in [2.75, 3.05) is 0 Å². The first-order valence-corrected chi connectivity index (χ1v) is 5.35. The first-order chi connectivity index (χ1) is 7.34. The lowest BCUT2D eigenvalue weighted by Crippen LogP contribution is -2.31. The topological polar surface area (TPSA) is 35.2 Å². The van der Waals surface area contributed by atoms with E-state index >= 15 is 0 Å². The molecule has 1 atom stereocenters. The van der Waals surface area contributed by atoms with E-state index < -0.39 is 12.3 Å². The highest BCUT2D eigenvalue weighted by Gasteiger charge is 2.38. The van der Waals surface area contributed by atoms with Gasteiger partial charge in [0.2, 0.25) is 0 Å². The predicted molar refractivity (Wildman–Crippen MR) is 58.2 cm³/mol. The highest BCUT2D eigenvalue weighted by atomic mass is 79.9. The van der Waals surface area contributed by atoms with Gasteiger partial charge in [-0.3, -0.25) is 0 Å². The summed E-state index contributed by atoms with van der Waals surface area (Å²) in [7, 11) is 0. The van der Waals surface area contributed by atoms with Gasteiger partial charge in [-0.2, -0.15) is 13.2 Å². The molecule has 1 unspecified atom stereocenters. The molecule has 1 rings (SSSR count). The summed E-state index contributed by atoms with van der Waals surface area (Å²) in [6.07, 6.45) is -6.21. The number of hydrogen-bond donors (Lipinski definition) is 1. The van der Waals surface area contributed by atoms with Gasteiger partial charge in [-0.1, -0.05) is 6.07 Å². The van der Waals surface area contributed by atoms with E-state index in [1.807, 2.05) is 0 Å². The largest absolute Gasteiger partial charge is 0.480 e. The number of halogens is 4. The molecule has 0 aliphatic heterocycles. The molecule has 0 aliphatic rings. The van der Waals surface area contributed by atoms with Gasteiger partial charge in [0.05, 0.1) is 4.47 Å². The molecular weight excluding hydrogens is 287 g/mol. The lowest BCUT2D eigenvalue weighted by Gasteiger charge is -2.18. The second-order valence-electron chi connectivity index (χ2n) is 3.27. The molecular formula is C10H11BrF3NO. The van der Waals surface area contributed by atoms with Crippen LogP contribution in [0.4, 0.5) is 13.2 Å². The highest BCUT2D eigenvalue weighted by molar-refractivity contribution is 9.10. The average molecular weight is 298 g/mol. The lowest BCUT2D eigenvalue weighted by molar-refractivity contribution is -0.189. The Kier molecular flexibility index (Phi) is 4.21. The Morgan fingerprint density at radius 2 is 2.06 bits per heavy atom. The molecule has 0 amide bonds. The van der Waals surface area contributed by atoms with E-state index in [0.29, 0.717) is 11.0 Å². The van der Waals surface area contributed by atoms with Crippen LogP contribution >= 0.6 is 15.9 Å². The van der Waals surface area contributed by atoms with Crippen molar-refractivity contribution in [2.24, 2.45) is 5.73 Å². The number of rotatable bonds is 3. The van der Waals surface area contributed by atoms with E-state index in [0.717, 1.165) is 12.5 Å². The molecule has 2 N–H and O–H groups in total. The fourth-order valence-corrected chi connectivity index (χ4v) is 1.54. The first kappa shape index (κ1) is 13.3. The van der Waals surface area contributed by atoms with Crippen molar-refractivity contribution in [3.63, 3.8) is 0 Å². The van der Waals surface area contributed by atoms with Crippen molar-refractivity contribution in [2.45, 2.75) is 25.7 Å². The molecule has 2 nitrogen and oxygen atoms in total. The van der Waals surface area contributed by atoms with Crippen molar-refractivity contribution < 1.29 is 17.9 Å². The van der Waals surface area contributed by atoms with Crippen molar-refractivity contribution in [1.82, 2.24) is 0 Å². The summed E-state index contributed by atoms with van der Waals surface area (Å²) >= 11 is 3.14. The second-order valence-corrected chi connectivity index (χ2v) is 4.12. The van der Waals surface area contributed by atoms with Crippen LogP contribution in [-0.4, -0.2) is 12.3 Å². The molecule has 1 aromatic carbocycles. The van der Waals surface area contributed by atoms with E-state index in [-0.39, 0.29) is 5.75 Å². The maximum Gasteiger partial charge on any atom is 0.425 e. The minimum Gasteiger partial charge on any atom is -0.480 e. The van der Waals surface area contributed by atoms with Crippen molar-refractivity contribution >= 4 is 15.9 Å². The van der Waals surface area contributed by atoms with Crippen LogP contribution in [0, 0.1) is 0 Å². The molecule has 0 radical (unpaired) electrons. The predicted octanol–water partition coefficient (Wildman–Crippen LogP) is 3.24. The number of alkyl halides is 3. The van der Waals surface area contributed by atoms with Crippen LogP contribution in [0.1, 0.15) is 12.5 Å². The van der Waals surface area contributed by atoms with E-state index in [4.69, 9.17) is 10.5 Å². The maximum atomic E-state index is 12.3. The molecule has 1 aromatic rings. The minimum absolute atomic E-state index is 0.155. The highest BCUT2D eigenvalue weighted by Crippen LogP contribution is 2.30. The van der Waals surface area contributed by atoms with E-state index in [1.165, 1.54) is 6.07 Å². The van der Waals surface area contributed by atoms with Gasteiger partial charge in [0.15, 0.2) is 6.10 Å². The SMILES string of the molecule is CC(Oc1ccc(CN)cc1Br)C(F)(F)F. The Labute approximate surface area is 99.7 Å². The van der Waals surface area contributed by atoms with Crippen LogP contribution in [0.25, 0.3) is 0 Å². The van der Waals surface area contributed by atoms with Crippen LogP contribution in [0.2, 0.25) is 0 Å². The molecule has 16 heavy (non-hydrogen) atoms. The molecule has 6 heteroatoms. The third-order valence-electron chi connectivity index (χ3n) is 2.00. The molecule has 0 saturated heterocycles. The van der Waals surface area contributed by atoms with Gasteiger partial charge in [-0.05, 0) is 40.5 Å². The van der Waals surface area contributed by atoms with Crippen molar-refractivity contribution in [3.8, 4) is 5.75 Å². The molecule has 0 heterocycles. The van der Waals surface area contributed by atoms with Crippen LogP contribution in [0.3, 0.4) is 0 Å². The third-order valence-corrected chi connectivity index (χ3v) is 2.62. The molecule has 0 spiro atoms. The van der Waals surface area contributed by atoms with Gasteiger partial charge >= 0.3 is 6.18 Å². The quantitative estimate of drug-likeness (QED) is 0.929.